The Morgan fingerprint density at radius 2 is 1.84 bits per heavy atom. The van der Waals surface area contributed by atoms with Crippen molar-refractivity contribution in [2.24, 2.45) is 38.9 Å². The van der Waals surface area contributed by atoms with Gasteiger partial charge >= 0.3 is 0 Å². The van der Waals surface area contributed by atoms with E-state index in [-0.39, 0.29) is 5.41 Å². The highest BCUT2D eigenvalue weighted by Gasteiger charge is 2.62. The largest absolute Gasteiger partial charge is 0.382 e. The first kappa shape index (κ1) is 16.3. The van der Waals surface area contributed by atoms with Crippen molar-refractivity contribution in [2.75, 3.05) is 0 Å². The Hall–Kier alpha value is -2.15. The minimum atomic E-state index is -0.625. The van der Waals surface area contributed by atoms with Gasteiger partial charge < -0.3 is 5.73 Å². The number of rotatable bonds is 0. The van der Waals surface area contributed by atoms with E-state index in [1.807, 2.05) is 19.1 Å². The predicted octanol–water partition coefficient (Wildman–Crippen LogP) is 4.47. The van der Waals surface area contributed by atoms with Crippen molar-refractivity contribution in [3.8, 4) is 0 Å². The molecular formula is C21H26N4. The second-order valence-electron chi connectivity index (χ2n) is 8.50. The van der Waals surface area contributed by atoms with Crippen molar-refractivity contribution in [3.63, 3.8) is 0 Å². The van der Waals surface area contributed by atoms with Gasteiger partial charge in [-0.05, 0) is 61.1 Å². The smallest absolute Gasteiger partial charge is 0.187 e. The van der Waals surface area contributed by atoms with Crippen LogP contribution in [0.5, 0.6) is 0 Å². The van der Waals surface area contributed by atoms with E-state index in [1.165, 1.54) is 5.56 Å². The molecule has 2 unspecified atom stereocenters. The second kappa shape index (κ2) is 5.17. The minimum Gasteiger partial charge on any atom is -0.382 e. The van der Waals surface area contributed by atoms with Gasteiger partial charge in [0.2, 0.25) is 0 Å². The van der Waals surface area contributed by atoms with E-state index in [0.717, 1.165) is 30.5 Å². The Kier molecular flexibility index (Phi) is 3.38. The summed E-state index contributed by atoms with van der Waals surface area (Å²) in [4.78, 5) is 13.7. The van der Waals surface area contributed by atoms with Crippen LogP contribution in [0.25, 0.3) is 4.85 Å². The van der Waals surface area contributed by atoms with Gasteiger partial charge in [-0.2, -0.15) is 0 Å². The number of hydrogen-bond donors (Lipinski definition) is 1. The first-order valence-electron chi connectivity index (χ1n) is 9.25. The molecule has 1 heterocycles. The van der Waals surface area contributed by atoms with Crippen LogP contribution in [0, 0.1) is 29.7 Å². The minimum absolute atomic E-state index is 0.0241. The highest BCUT2D eigenvalue weighted by atomic mass is 15.2. The number of benzene rings is 1. The number of nitrogens with zero attached hydrogens (tertiary/aromatic N) is 3. The van der Waals surface area contributed by atoms with Gasteiger partial charge in [0, 0.05) is 5.41 Å². The topological polar surface area (TPSA) is 55.1 Å². The van der Waals surface area contributed by atoms with Crippen LogP contribution in [0.4, 0.5) is 5.69 Å². The van der Waals surface area contributed by atoms with E-state index in [9.17, 15) is 0 Å². The quantitative estimate of drug-likeness (QED) is 0.699. The lowest BCUT2D eigenvalue weighted by molar-refractivity contribution is 0.00555. The molecule has 2 N–H and O–H groups in total. The standard InChI is InChI=1S/C21H26N4/c1-12-9-20(10-13(2)14(12)3)11-16-6-7-17(23-5)8-18(16)21(20)24-15(4)19(22)25-21/h6-8,12-14H,9-11H2,1-4H3,(H2,22,25)/t12-,13+,14?,20?,21-/m0/s1. The SMILES string of the molecule is [C-]#[N+]c1ccc2c(c1)[C@@]1(N=C(C)C(N)=N1)C1(C2)C[C@@H](C)C(C)[C@@H](C)C1. The Labute approximate surface area is 150 Å². The summed E-state index contributed by atoms with van der Waals surface area (Å²) in [5.41, 5.74) is 9.44. The Balaban J connectivity index is 1.94. The van der Waals surface area contributed by atoms with Gasteiger partial charge in [0.25, 0.3) is 0 Å². The van der Waals surface area contributed by atoms with Crippen LogP contribution in [-0.4, -0.2) is 11.5 Å². The molecule has 1 aliphatic heterocycles. The van der Waals surface area contributed by atoms with Gasteiger partial charge in [0.1, 0.15) is 5.84 Å². The maximum absolute atomic E-state index is 7.40. The van der Waals surface area contributed by atoms with Crippen molar-refractivity contribution in [2.45, 2.75) is 52.6 Å². The predicted molar refractivity (Wildman–Crippen MR) is 102 cm³/mol. The molecule has 130 valence electrons. The number of amidine groups is 1. The summed E-state index contributed by atoms with van der Waals surface area (Å²) in [6, 6.07) is 6.04. The van der Waals surface area contributed by atoms with Crippen LogP contribution in [0.2, 0.25) is 0 Å². The monoisotopic (exact) mass is 334 g/mol. The van der Waals surface area contributed by atoms with Crippen molar-refractivity contribution in [1.29, 1.82) is 0 Å². The number of nitrogens with two attached hydrogens (primary N) is 1. The van der Waals surface area contributed by atoms with E-state index in [2.05, 4.69) is 31.7 Å². The third kappa shape index (κ3) is 2.05. The average molecular weight is 334 g/mol. The molecule has 5 atom stereocenters. The van der Waals surface area contributed by atoms with Gasteiger partial charge in [-0.25, -0.2) is 9.84 Å². The molecule has 1 aromatic rings. The third-order valence-electron chi connectivity index (χ3n) is 7.07. The molecule has 1 aromatic carbocycles. The summed E-state index contributed by atoms with van der Waals surface area (Å²) in [7, 11) is 0. The van der Waals surface area contributed by atoms with Gasteiger partial charge in [0.05, 0.1) is 12.3 Å². The van der Waals surface area contributed by atoms with Gasteiger partial charge in [-0.1, -0.05) is 32.9 Å². The van der Waals surface area contributed by atoms with E-state index in [4.69, 9.17) is 22.3 Å². The van der Waals surface area contributed by atoms with Crippen LogP contribution in [0.3, 0.4) is 0 Å². The fraction of sp³-hybridized carbons (Fsp3) is 0.571. The van der Waals surface area contributed by atoms with Gasteiger partial charge in [0.15, 0.2) is 11.4 Å². The fourth-order valence-corrected chi connectivity index (χ4v) is 5.50. The second-order valence-corrected chi connectivity index (χ2v) is 8.50. The summed E-state index contributed by atoms with van der Waals surface area (Å²) < 4.78 is 0. The maximum Gasteiger partial charge on any atom is 0.187 e. The van der Waals surface area contributed by atoms with E-state index in [0.29, 0.717) is 29.3 Å². The van der Waals surface area contributed by atoms with Crippen molar-refractivity contribution in [1.82, 2.24) is 0 Å². The summed E-state index contributed by atoms with van der Waals surface area (Å²) in [6.07, 6.45) is 3.19. The zero-order valence-corrected chi connectivity index (χ0v) is 15.5. The van der Waals surface area contributed by atoms with Crippen LogP contribution in [-0.2, 0) is 12.1 Å². The molecule has 0 saturated heterocycles. The molecule has 4 rings (SSSR count). The molecule has 3 aliphatic rings. The summed E-state index contributed by atoms with van der Waals surface area (Å²) in [6.45, 7) is 16.5. The molecule has 1 fully saturated rings. The zero-order chi connectivity index (χ0) is 18.0. The van der Waals surface area contributed by atoms with Crippen LogP contribution in [0.1, 0.15) is 51.7 Å². The van der Waals surface area contributed by atoms with Crippen molar-refractivity contribution < 1.29 is 0 Å². The van der Waals surface area contributed by atoms with E-state index >= 15 is 0 Å². The summed E-state index contributed by atoms with van der Waals surface area (Å²) in [5, 5.41) is 0. The summed E-state index contributed by atoms with van der Waals surface area (Å²) in [5.74, 6) is 2.52. The lowest BCUT2D eigenvalue weighted by atomic mass is 9.57. The number of hydrogen-bond acceptors (Lipinski definition) is 3. The normalized spacial score (nSPS) is 39.2. The molecule has 0 bridgehead atoms. The highest BCUT2D eigenvalue weighted by molar-refractivity contribution is 6.41. The molecule has 1 saturated carbocycles. The van der Waals surface area contributed by atoms with Crippen LogP contribution in [0.15, 0.2) is 28.2 Å². The van der Waals surface area contributed by atoms with Crippen molar-refractivity contribution in [3.05, 3.63) is 40.7 Å². The molecule has 0 radical (unpaired) electrons. The van der Waals surface area contributed by atoms with E-state index in [1.54, 1.807) is 0 Å². The number of aliphatic imine (C=N–C) groups is 2. The van der Waals surface area contributed by atoms with Crippen molar-refractivity contribution >= 4 is 17.2 Å². The lowest BCUT2D eigenvalue weighted by Crippen LogP contribution is -2.47. The van der Waals surface area contributed by atoms with Gasteiger partial charge in [-0.15, -0.1) is 0 Å². The Morgan fingerprint density at radius 1 is 1.16 bits per heavy atom. The fourth-order valence-electron chi connectivity index (χ4n) is 5.50. The zero-order valence-electron chi connectivity index (χ0n) is 15.5. The van der Waals surface area contributed by atoms with Crippen LogP contribution >= 0.6 is 0 Å². The maximum atomic E-state index is 7.40. The molecule has 0 amide bonds. The molecule has 2 spiro atoms. The highest BCUT2D eigenvalue weighted by Crippen LogP contribution is 2.64. The summed E-state index contributed by atoms with van der Waals surface area (Å²) >= 11 is 0. The molecule has 2 aliphatic carbocycles. The first-order chi connectivity index (χ1) is 11.8. The molecular weight excluding hydrogens is 308 g/mol. The average Bonchev–Trinajstić information content (AvgIpc) is 3.00. The lowest BCUT2D eigenvalue weighted by Gasteiger charge is -2.49. The first-order valence-corrected chi connectivity index (χ1v) is 9.25. The molecule has 0 aromatic heterocycles. The molecule has 25 heavy (non-hydrogen) atoms. The van der Waals surface area contributed by atoms with E-state index < -0.39 is 5.66 Å². The Morgan fingerprint density at radius 3 is 2.40 bits per heavy atom. The third-order valence-corrected chi connectivity index (χ3v) is 7.07. The van der Waals surface area contributed by atoms with Crippen LogP contribution < -0.4 is 5.73 Å². The molecule has 4 heteroatoms. The molecule has 4 nitrogen and oxygen atoms in total. The number of fused-ring (bicyclic) bond motifs is 3. The van der Waals surface area contributed by atoms with Gasteiger partial charge in [-0.3, -0.25) is 4.99 Å². The Bertz CT molecular complexity index is 812.